The number of rotatable bonds is 10. The van der Waals surface area contributed by atoms with E-state index in [0.29, 0.717) is 12.1 Å². The number of aromatic carboxylic acids is 1. The molecule has 0 aromatic heterocycles. The van der Waals surface area contributed by atoms with Gasteiger partial charge < -0.3 is 16.2 Å². The molecule has 2 rings (SSSR count). The molecule has 5 nitrogen and oxygen atoms in total. The van der Waals surface area contributed by atoms with Gasteiger partial charge in [0.2, 0.25) is 6.41 Å². The standard InChI is InChI=1S/C15H23NO2.C7H7NO/c1-2-3-4-5-6-7-8-12-9-10-13(15(17)18)14(16)11-12;9-6-8-7-4-2-1-3-5-7/h9-11H,2-8,16H2,1H3,(H,17,18);1-6H,(H,8,9). The number of hydrogen-bond donors (Lipinski definition) is 3. The normalized spacial score (nSPS) is 9.81. The van der Waals surface area contributed by atoms with Gasteiger partial charge in [-0.05, 0) is 42.7 Å². The Kier molecular flexibility index (Phi) is 11.0. The topological polar surface area (TPSA) is 92.4 Å². The lowest BCUT2D eigenvalue weighted by molar-refractivity contribution is -0.105. The van der Waals surface area contributed by atoms with Crippen LogP contribution >= 0.6 is 0 Å². The molecule has 0 atom stereocenters. The fraction of sp³-hybridized carbons (Fsp3) is 0.364. The van der Waals surface area contributed by atoms with Crippen molar-refractivity contribution in [1.82, 2.24) is 0 Å². The van der Waals surface area contributed by atoms with E-state index in [9.17, 15) is 9.59 Å². The van der Waals surface area contributed by atoms with Gasteiger partial charge in [0.25, 0.3) is 0 Å². The quantitative estimate of drug-likeness (QED) is 0.307. The van der Waals surface area contributed by atoms with Crippen molar-refractivity contribution in [1.29, 1.82) is 0 Å². The van der Waals surface area contributed by atoms with Crippen molar-refractivity contribution in [2.45, 2.75) is 51.9 Å². The Morgan fingerprint density at radius 2 is 1.70 bits per heavy atom. The lowest BCUT2D eigenvalue weighted by Gasteiger charge is -2.05. The minimum atomic E-state index is -0.960. The minimum Gasteiger partial charge on any atom is -0.478 e. The number of hydrogen-bond acceptors (Lipinski definition) is 3. The van der Waals surface area contributed by atoms with Gasteiger partial charge in [-0.25, -0.2) is 4.79 Å². The maximum atomic E-state index is 10.8. The van der Waals surface area contributed by atoms with E-state index in [1.165, 1.54) is 32.1 Å². The number of carbonyl (C=O) groups is 2. The second-order valence-electron chi connectivity index (χ2n) is 6.37. The third-order valence-corrected chi connectivity index (χ3v) is 4.16. The first-order chi connectivity index (χ1) is 13.1. The van der Waals surface area contributed by atoms with E-state index >= 15 is 0 Å². The molecule has 0 bridgehead atoms. The summed E-state index contributed by atoms with van der Waals surface area (Å²) >= 11 is 0. The molecule has 0 aliphatic carbocycles. The molecule has 0 saturated carbocycles. The molecule has 0 spiro atoms. The number of nitrogens with one attached hydrogen (secondary N) is 1. The summed E-state index contributed by atoms with van der Waals surface area (Å²) in [6.07, 6.45) is 9.22. The second-order valence-corrected chi connectivity index (χ2v) is 6.37. The van der Waals surface area contributed by atoms with Crippen molar-refractivity contribution < 1.29 is 14.7 Å². The maximum absolute atomic E-state index is 10.8. The van der Waals surface area contributed by atoms with E-state index in [2.05, 4.69) is 12.2 Å². The van der Waals surface area contributed by atoms with Crippen LogP contribution in [-0.2, 0) is 11.2 Å². The molecule has 0 fully saturated rings. The molecule has 0 aliphatic rings. The predicted octanol–water partition coefficient (Wildman–Crippen LogP) is 5.12. The number of anilines is 2. The number of benzene rings is 2. The van der Waals surface area contributed by atoms with E-state index in [1.54, 1.807) is 12.1 Å². The molecular weight excluding hydrogens is 340 g/mol. The monoisotopic (exact) mass is 370 g/mol. The summed E-state index contributed by atoms with van der Waals surface area (Å²) in [6.45, 7) is 2.22. The average molecular weight is 370 g/mol. The molecule has 5 heteroatoms. The lowest BCUT2D eigenvalue weighted by atomic mass is 10.0. The van der Waals surface area contributed by atoms with Gasteiger partial charge in [0.1, 0.15) is 0 Å². The molecule has 1 amide bonds. The Bertz CT molecular complexity index is 687. The van der Waals surface area contributed by atoms with Crippen LogP contribution in [0.25, 0.3) is 0 Å². The highest BCUT2D eigenvalue weighted by Gasteiger charge is 2.07. The molecule has 0 heterocycles. The number of unbranched alkanes of at least 4 members (excludes halogenated alkanes) is 5. The number of amides is 1. The van der Waals surface area contributed by atoms with Crippen molar-refractivity contribution in [2.24, 2.45) is 0 Å². The molecule has 0 aliphatic heterocycles. The summed E-state index contributed by atoms with van der Waals surface area (Å²) in [5.74, 6) is -0.960. The molecule has 0 radical (unpaired) electrons. The second kappa shape index (κ2) is 13.4. The third kappa shape index (κ3) is 9.45. The first-order valence-corrected chi connectivity index (χ1v) is 9.45. The average Bonchev–Trinajstić information content (AvgIpc) is 2.66. The van der Waals surface area contributed by atoms with E-state index in [1.807, 2.05) is 36.4 Å². The van der Waals surface area contributed by atoms with Crippen LogP contribution < -0.4 is 11.1 Å². The van der Waals surface area contributed by atoms with Gasteiger partial charge in [-0.15, -0.1) is 0 Å². The third-order valence-electron chi connectivity index (χ3n) is 4.16. The smallest absolute Gasteiger partial charge is 0.337 e. The molecule has 2 aromatic carbocycles. The highest BCUT2D eigenvalue weighted by atomic mass is 16.4. The summed E-state index contributed by atoms with van der Waals surface area (Å²) in [7, 11) is 0. The van der Waals surface area contributed by atoms with E-state index in [0.717, 1.165) is 24.1 Å². The van der Waals surface area contributed by atoms with Gasteiger partial charge in [0.15, 0.2) is 0 Å². The zero-order valence-electron chi connectivity index (χ0n) is 16.0. The van der Waals surface area contributed by atoms with Gasteiger partial charge in [0, 0.05) is 11.4 Å². The molecular formula is C22H30N2O3. The summed E-state index contributed by atoms with van der Waals surface area (Å²) in [5, 5.41) is 11.4. The zero-order chi connectivity index (χ0) is 19.9. The van der Waals surface area contributed by atoms with Crippen molar-refractivity contribution in [2.75, 3.05) is 11.1 Å². The molecule has 0 saturated heterocycles. The van der Waals surface area contributed by atoms with E-state index in [-0.39, 0.29) is 5.56 Å². The molecule has 27 heavy (non-hydrogen) atoms. The molecule has 0 unspecified atom stereocenters. The van der Waals surface area contributed by atoms with Crippen molar-refractivity contribution in [3.8, 4) is 0 Å². The largest absolute Gasteiger partial charge is 0.478 e. The Hall–Kier alpha value is -2.82. The maximum Gasteiger partial charge on any atom is 0.337 e. The Morgan fingerprint density at radius 3 is 2.30 bits per heavy atom. The number of nitrogens with two attached hydrogens (primary N) is 1. The Balaban J connectivity index is 0.000000337. The van der Waals surface area contributed by atoms with Gasteiger partial charge >= 0.3 is 5.97 Å². The van der Waals surface area contributed by atoms with E-state index in [4.69, 9.17) is 10.8 Å². The van der Waals surface area contributed by atoms with Gasteiger partial charge in [-0.2, -0.15) is 0 Å². The summed E-state index contributed by atoms with van der Waals surface area (Å²) in [5.41, 5.74) is 8.23. The Morgan fingerprint density at radius 1 is 1.04 bits per heavy atom. The highest BCUT2D eigenvalue weighted by molar-refractivity contribution is 5.93. The van der Waals surface area contributed by atoms with Crippen LogP contribution in [-0.4, -0.2) is 17.5 Å². The van der Waals surface area contributed by atoms with Crippen LogP contribution in [0.2, 0.25) is 0 Å². The minimum absolute atomic E-state index is 0.196. The predicted molar refractivity (Wildman–Crippen MR) is 111 cm³/mol. The zero-order valence-corrected chi connectivity index (χ0v) is 16.0. The number of para-hydroxylation sites is 1. The SMILES string of the molecule is CCCCCCCCc1ccc(C(=O)O)c(N)c1.O=CNc1ccccc1. The first kappa shape index (κ1) is 22.2. The highest BCUT2D eigenvalue weighted by Crippen LogP contribution is 2.17. The van der Waals surface area contributed by atoms with Gasteiger partial charge in [-0.3, -0.25) is 4.79 Å². The van der Waals surface area contributed by atoms with Crippen molar-refractivity contribution in [3.63, 3.8) is 0 Å². The fourth-order valence-corrected chi connectivity index (χ4v) is 2.67. The first-order valence-electron chi connectivity index (χ1n) is 9.45. The number of carbonyl (C=O) groups excluding carboxylic acids is 1. The fourth-order valence-electron chi connectivity index (χ4n) is 2.67. The Labute approximate surface area is 161 Å². The van der Waals surface area contributed by atoms with E-state index < -0.39 is 5.97 Å². The lowest BCUT2D eigenvalue weighted by Crippen LogP contribution is -2.02. The van der Waals surface area contributed by atoms with Gasteiger partial charge in [-0.1, -0.05) is 63.3 Å². The van der Waals surface area contributed by atoms with Crippen LogP contribution in [0, 0.1) is 0 Å². The van der Waals surface area contributed by atoms with Crippen LogP contribution in [0.4, 0.5) is 11.4 Å². The van der Waals surface area contributed by atoms with Gasteiger partial charge in [0.05, 0.1) is 5.56 Å². The van der Waals surface area contributed by atoms with Crippen LogP contribution in [0.3, 0.4) is 0 Å². The van der Waals surface area contributed by atoms with Crippen LogP contribution in [0.1, 0.15) is 61.4 Å². The number of nitrogen functional groups attached to an aromatic ring is 1. The van der Waals surface area contributed by atoms with Crippen molar-refractivity contribution in [3.05, 3.63) is 59.7 Å². The molecule has 146 valence electrons. The van der Waals surface area contributed by atoms with Crippen LogP contribution in [0.5, 0.6) is 0 Å². The van der Waals surface area contributed by atoms with Crippen LogP contribution in [0.15, 0.2) is 48.5 Å². The molecule has 4 N–H and O–H groups in total. The molecule has 2 aromatic rings. The number of aryl methyl sites for hydroxylation is 1. The summed E-state index contributed by atoms with van der Waals surface area (Å²) in [4.78, 5) is 20.7. The van der Waals surface area contributed by atoms with Crippen molar-refractivity contribution >= 4 is 23.8 Å². The number of carboxylic acids is 1. The summed E-state index contributed by atoms with van der Waals surface area (Å²) < 4.78 is 0. The summed E-state index contributed by atoms with van der Waals surface area (Å²) in [6, 6.07) is 14.5. The number of carboxylic acid groups (broad SMARTS) is 1.